The summed E-state index contributed by atoms with van der Waals surface area (Å²) >= 11 is 5.89. The molecule has 3 aromatic rings. The normalized spacial score (nSPS) is 19.5. The van der Waals surface area contributed by atoms with Crippen molar-refractivity contribution in [3.05, 3.63) is 99.1 Å². The highest BCUT2D eigenvalue weighted by Crippen LogP contribution is 2.41. The van der Waals surface area contributed by atoms with Gasteiger partial charge >= 0.3 is 5.97 Å². The fraction of sp³-hybridized carbons (Fsp3) is 0.425. The minimum absolute atomic E-state index is 0.0407. The number of benzene rings is 3. The SMILES string of the molecule is COC(=O)CNC(=O)[C@@H]1C[C@@H]2CC(c3ccc(CCCOc4c(F)ccc(F)c4Cl)cc3)=C(C(=O)N(Cc3cccc(OC)c3C)C3CC3)[C@H](C1)N2. The second kappa shape index (κ2) is 16.5. The molecule has 9 nitrogen and oxygen atoms in total. The van der Waals surface area contributed by atoms with E-state index < -0.39 is 17.6 Å². The molecule has 2 heterocycles. The van der Waals surface area contributed by atoms with E-state index in [1.54, 1.807) is 7.11 Å². The van der Waals surface area contributed by atoms with Crippen molar-refractivity contribution < 1.29 is 37.4 Å². The third kappa shape index (κ3) is 8.42. The lowest BCUT2D eigenvalue weighted by Gasteiger charge is -2.43. The maximum Gasteiger partial charge on any atom is 0.325 e. The molecule has 12 heteroatoms. The predicted molar refractivity (Wildman–Crippen MR) is 193 cm³/mol. The van der Waals surface area contributed by atoms with E-state index in [-0.39, 0.29) is 59.8 Å². The van der Waals surface area contributed by atoms with Crippen molar-refractivity contribution >= 4 is 35.0 Å². The summed E-state index contributed by atoms with van der Waals surface area (Å²) in [6.45, 7) is 2.39. The molecule has 2 fully saturated rings. The Morgan fingerprint density at radius 3 is 2.46 bits per heavy atom. The zero-order valence-corrected chi connectivity index (χ0v) is 30.4. The van der Waals surface area contributed by atoms with Crippen LogP contribution in [0.15, 0.2) is 60.2 Å². The van der Waals surface area contributed by atoms with Crippen LogP contribution in [-0.2, 0) is 32.1 Å². The Kier molecular flexibility index (Phi) is 11.8. The Morgan fingerprint density at radius 1 is 1.00 bits per heavy atom. The number of nitrogens with zero attached hydrogens (tertiary/aromatic N) is 1. The van der Waals surface area contributed by atoms with E-state index in [0.717, 1.165) is 58.6 Å². The number of carbonyl (C=O) groups is 3. The number of rotatable bonds is 14. The van der Waals surface area contributed by atoms with Crippen molar-refractivity contribution in [2.75, 3.05) is 27.4 Å². The summed E-state index contributed by atoms with van der Waals surface area (Å²) in [5.74, 6) is -2.14. The first kappa shape index (κ1) is 37.3. The van der Waals surface area contributed by atoms with Gasteiger partial charge in [0.05, 0.1) is 20.8 Å². The van der Waals surface area contributed by atoms with Crippen LogP contribution in [0.4, 0.5) is 8.78 Å². The molecular formula is C40H44ClF2N3O6. The largest absolute Gasteiger partial charge is 0.496 e. The second-order valence-corrected chi connectivity index (χ2v) is 14.1. The van der Waals surface area contributed by atoms with Crippen LogP contribution >= 0.6 is 11.6 Å². The predicted octanol–water partition coefficient (Wildman–Crippen LogP) is 6.32. The van der Waals surface area contributed by atoms with Crippen molar-refractivity contribution in [1.29, 1.82) is 0 Å². The summed E-state index contributed by atoms with van der Waals surface area (Å²) in [4.78, 5) is 41.8. The summed E-state index contributed by atoms with van der Waals surface area (Å²) < 4.78 is 43.6. The van der Waals surface area contributed by atoms with Gasteiger partial charge in [0.15, 0.2) is 11.6 Å². The van der Waals surface area contributed by atoms with Crippen LogP contribution in [0.1, 0.15) is 60.8 Å². The minimum atomic E-state index is -0.740. The molecule has 0 spiro atoms. The van der Waals surface area contributed by atoms with E-state index in [0.29, 0.717) is 44.2 Å². The lowest BCUT2D eigenvalue weighted by molar-refractivity contribution is -0.141. The molecule has 1 aliphatic carbocycles. The van der Waals surface area contributed by atoms with Crippen LogP contribution in [0.5, 0.6) is 11.5 Å². The summed E-state index contributed by atoms with van der Waals surface area (Å²) in [6.07, 6.45) is 4.56. The number of fused-ring (bicyclic) bond motifs is 2. The fourth-order valence-corrected chi connectivity index (χ4v) is 7.51. The van der Waals surface area contributed by atoms with Gasteiger partial charge in [-0.25, -0.2) is 8.78 Å². The van der Waals surface area contributed by atoms with Gasteiger partial charge in [0.2, 0.25) is 5.91 Å². The van der Waals surface area contributed by atoms with E-state index in [4.69, 9.17) is 25.8 Å². The molecule has 2 bridgehead atoms. The first-order valence-corrected chi connectivity index (χ1v) is 18.1. The topological polar surface area (TPSA) is 106 Å². The standard InChI is InChI=1S/C40H44ClF2N3O6/c1-23-26(7-4-8-34(23)50-2)22-46(29-13-14-29)40(49)36-30(20-28-18-27(19-33(36)45-28)39(48)44-21-35(47)51-3)25-11-9-24(10-12-25)6-5-17-52-38-32(43)16-15-31(42)37(38)41/h4,7-12,15-16,27-29,33,45H,5-6,13-14,17-22H2,1-3H3,(H,44,48)/t27-,28-,33+/m1/s1. The highest BCUT2D eigenvalue weighted by molar-refractivity contribution is 6.32. The molecule has 2 aliphatic heterocycles. The van der Waals surface area contributed by atoms with Gasteiger partial charge < -0.3 is 29.7 Å². The lowest BCUT2D eigenvalue weighted by atomic mass is 9.74. The van der Waals surface area contributed by atoms with E-state index in [1.807, 2.05) is 54.3 Å². The molecule has 1 saturated carbocycles. The average molecular weight is 736 g/mol. The van der Waals surface area contributed by atoms with Gasteiger partial charge in [0.25, 0.3) is 5.91 Å². The smallest absolute Gasteiger partial charge is 0.325 e. The van der Waals surface area contributed by atoms with Crippen LogP contribution in [-0.4, -0.2) is 68.2 Å². The average Bonchev–Trinajstić information content (AvgIpc) is 4.00. The van der Waals surface area contributed by atoms with Crippen LogP contribution in [0.2, 0.25) is 5.02 Å². The molecule has 3 aromatic carbocycles. The number of carbonyl (C=O) groups excluding carboxylic acids is 3. The fourth-order valence-electron chi connectivity index (χ4n) is 7.30. The maximum atomic E-state index is 14.9. The van der Waals surface area contributed by atoms with Gasteiger partial charge in [-0.05, 0) is 97.9 Å². The first-order valence-electron chi connectivity index (χ1n) is 17.7. The molecular weight excluding hydrogens is 692 g/mol. The molecule has 2 N–H and O–H groups in total. The number of nitrogens with one attached hydrogen (secondary N) is 2. The van der Waals surface area contributed by atoms with Gasteiger partial charge in [-0.1, -0.05) is 48.0 Å². The van der Waals surface area contributed by atoms with Crippen molar-refractivity contribution in [3.8, 4) is 11.5 Å². The minimum Gasteiger partial charge on any atom is -0.496 e. The Morgan fingerprint density at radius 2 is 1.75 bits per heavy atom. The number of amides is 2. The number of piperidine rings is 1. The van der Waals surface area contributed by atoms with Crippen LogP contribution in [0, 0.1) is 24.5 Å². The zero-order valence-electron chi connectivity index (χ0n) is 29.6. The monoisotopic (exact) mass is 735 g/mol. The Balaban J connectivity index is 1.25. The van der Waals surface area contributed by atoms with Gasteiger partial charge in [-0.2, -0.15) is 0 Å². The number of esters is 1. The number of hydrogen-bond acceptors (Lipinski definition) is 7. The maximum absolute atomic E-state index is 14.9. The highest BCUT2D eigenvalue weighted by atomic mass is 35.5. The Hall–Kier alpha value is -4.48. The molecule has 6 rings (SSSR count). The van der Waals surface area contributed by atoms with E-state index in [2.05, 4.69) is 10.6 Å². The molecule has 0 aromatic heterocycles. The zero-order chi connectivity index (χ0) is 36.9. The van der Waals surface area contributed by atoms with E-state index >= 15 is 0 Å². The molecule has 52 heavy (non-hydrogen) atoms. The molecule has 0 unspecified atom stereocenters. The Labute approximate surface area is 307 Å². The highest BCUT2D eigenvalue weighted by Gasteiger charge is 2.44. The van der Waals surface area contributed by atoms with Crippen molar-refractivity contribution in [3.63, 3.8) is 0 Å². The second-order valence-electron chi connectivity index (χ2n) is 13.7. The molecule has 3 aliphatic rings. The third-order valence-electron chi connectivity index (χ3n) is 10.3. The van der Waals surface area contributed by atoms with Gasteiger partial charge in [0.1, 0.15) is 23.1 Å². The van der Waals surface area contributed by atoms with Crippen LogP contribution in [0.3, 0.4) is 0 Å². The number of methoxy groups -OCH3 is 2. The van der Waals surface area contributed by atoms with Crippen LogP contribution < -0.4 is 20.1 Å². The quantitative estimate of drug-likeness (QED) is 0.113. The van der Waals surface area contributed by atoms with E-state index in [1.165, 1.54) is 7.11 Å². The number of ether oxygens (including phenoxy) is 3. The van der Waals surface area contributed by atoms with Gasteiger partial charge in [0, 0.05) is 36.2 Å². The summed E-state index contributed by atoms with van der Waals surface area (Å²) in [7, 11) is 2.92. The Bertz CT molecular complexity index is 1850. The van der Waals surface area contributed by atoms with Crippen molar-refractivity contribution in [1.82, 2.24) is 15.5 Å². The molecule has 1 saturated heterocycles. The molecule has 0 radical (unpaired) electrons. The van der Waals surface area contributed by atoms with Gasteiger partial charge in [-0.3, -0.25) is 14.4 Å². The number of hydrogen-bond donors (Lipinski definition) is 2. The lowest BCUT2D eigenvalue weighted by Crippen LogP contribution is -2.55. The summed E-state index contributed by atoms with van der Waals surface area (Å²) in [5.41, 5.74) is 5.61. The molecule has 3 atom stereocenters. The van der Waals surface area contributed by atoms with Crippen LogP contribution in [0.25, 0.3) is 5.57 Å². The molecule has 276 valence electrons. The number of halogens is 3. The molecule has 2 amide bonds. The summed E-state index contributed by atoms with van der Waals surface area (Å²) in [6, 6.07) is 15.6. The number of aryl methyl sites for hydroxylation is 1. The van der Waals surface area contributed by atoms with E-state index in [9.17, 15) is 23.2 Å². The third-order valence-corrected chi connectivity index (χ3v) is 10.6. The van der Waals surface area contributed by atoms with Crippen molar-refractivity contribution in [2.45, 2.75) is 76.5 Å². The summed E-state index contributed by atoms with van der Waals surface area (Å²) in [5, 5.41) is 5.99. The van der Waals surface area contributed by atoms with Gasteiger partial charge in [-0.15, -0.1) is 0 Å². The first-order chi connectivity index (χ1) is 25.1. The van der Waals surface area contributed by atoms with Crippen molar-refractivity contribution in [2.24, 2.45) is 5.92 Å².